The molecule has 0 aliphatic heterocycles. The van der Waals surface area contributed by atoms with Gasteiger partial charge in [0, 0.05) is 15.6 Å². The summed E-state index contributed by atoms with van der Waals surface area (Å²) in [6.07, 6.45) is 0.00977. The summed E-state index contributed by atoms with van der Waals surface area (Å²) in [5, 5.41) is 0.796. The second-order valence-electron chi connectivity index (χ2n) is 5.57. The Bertz CT molecular complexity index is 741. The molecule has 2 rings (SSSR count). The van der Waals surface area contributed by atoms with Crippen LogP contribution in [0.25, 0.3) is 0 Å². The van der Waals surface area contributed by atoms with Crippen LogP contribution in [0.3, 0.4) is 0 Å². The van der Waals surface area contributed by atoms with Crippen LogP contribution in [0.4, 0.5) is 0 Å². The highest BCUT2D eigenvalue weighted by atomic mass is 35.5. The number of hydrazine groups is 1. The SMILES string of the molecule is CC(C)Oc1ccc(C(=O)NNC(=O)Cc2c(Cl)cccc2Cl)cc1. The van der Waals surface area contributed by atoms with Crippen molar-refractivity contribution in [3.63, 3.8) is 0 Å². The van der Waals surface area contributed by atoms with Gasteiger partial charge in [0.25, 0.3) is 5.91 Å². The van der Waals surface area contributed by atoms with Crippen molar-refractivity contribution in [1.29, 1.82) is 0 Å². The quantitative estimate of drug-likeness (QED) is 0.775. The Balaban J connectivity index is 1.90. The summed E-state index contributed by atoms with van der Waals surface area (Å²) in [6, 6.07) is 11.6. The number of carbonyl (C=O) groups excluding carboxylic acids is 2. The highest BCUT2D eigenvalue weighted by Gasteiger charge is 2.12. The molecule has 25 heavy (non-hydrogen) atoms. The van der Waals surface area contributed by atoms with Crippen molar-refractivity contribution >= 4 is 35.0 Å². The number of benzene rings is 2. The molecule has 2 aromatic rings. The number of hydrogen-bond acceptors (Lipinski definition) is 3. The van der Waals surface area contributed by atoms with Gasteiger partial charge in [0.1, 0.15) is 5.75 Å². The molecular weight excluding hydrogens is 363 g/mol. The van der Waals surface area contributed by atoms with E-state index in [-0.39, 0.29) is 12.5 Å². The third-order valence-electron chi connectivity index (χ3n) is 3.20. The van der Waals surface area contributed by atoms with Crippen LogP contribution >= 0.6 is 23.2 Å². The Morgan fingerprint density at radius 3 is 2.16 bits per heavy atom. The zero-order valence-corrected chi connectivity index (χ0v) is 15.3. The van der Waals surface area contributed by atoms with Crippen molar-refractivity contribution in [3.05, 3.63) is 63.6 Å². The Kier molecular flexibility index (Phi) is 6.67. The fourth-order valence-electron chi connectivity index (χ4n) is 2.06. The van der Waals surface area contributed by atoms with E-state index in [4.69, 9.17) is 27.9 Å². The van der Waals surface area contributed by atoms with Crippen LogP contribution in [-0.2, 0) is 11.2 Å². The third-order valence-corrected chi connectivity index (χ3v) is 3.91. The molecule has 2 N–H and O–H groups in total. The molecule has 0 unspecified atom stereocenters. The molecule has 0 spiro atoms. The largest absolute Gasteiger partial charge is 0.491 e. The molecule has 0 saturated heterocycles. The Labute approximate surface area is 156 Å². The van der Waals surface area contributed by atoms with Gasteiger partial charge in [0.2, 0.25) is 5.91 Å². The highest BCUT2D eigenvalue weighted by Crippen LogP contribution is 2.24. The number of rotatable bonds is 5. The zero-order chi connectivity index (χ0) is 18.4. The first kappa shape index (κ1) is 19.1. The third kappa shape index (κ3) is 5.66. The van der Waals surface area contributed by atoms with Gasteiger partial charge < -0.3 is 4.74 Å². The standard InChI is InChI=1S/C18H18Cl2N2O3/c1-11(2)25-13-8-6-12(7-9-13)18(24)22-21-17(23)10-14-15(19)4-3-5-16(14)20/h3-9,11H,10H2,1-2H3,(H,21,23)(H,22,24). The van der Waals surface area contributed by atoms with Crippen molar-refractivity contribution in [2.45, 2.75) is 26.4 Å². The summed E-state index contributed by atoms with van der Waals surface area (Å²) in [7, 11) is 0. The van der Waals surface area contributed by atoms with E-state index in [9.17, 15) is 9.59 Å². The maximum absolute atomic E-state index is 12.1. The van der Waals surface area contributed by atoms with Gasteiger partial charge in [-0.2, -0.15) is 0 Å². The van der Waals surface area contributed by atoms with Crippen molar-refractivity contribution in [3.8, 4) is 5.75 Å². The van der Waals surface area contributed by atoms with Gasteiger partial charge in [-0.15, -0.1) is 0 Å². The summed E-state index contributed by atoms with van der Waals surface area (Å²) >= 11 is 12.0. The average molecular weight is 381 g/mol. The number of carbonyl (C=O) groups is 2. The Morgan fingerprint density at radius 2 is 1.60 bits per heavy atom. The lowest BCUT2D eigenvalue weighted by atomic mass is 10.1. The molecule has 0 atom stereocenters. The molecule has 0 aromatic heterocycles. The van der Waals surface area contributed by atoms with Crippen LogP contribution in [0.2, 0.25) is 10.0 Å². The zero-order valence-electron chi connectivity index (χ0n) is 13.8. The predicted octanol–water partition coefficient (Wildman–Crippen LogP) is 3.78. The van der Waals surface area contributed by atoms with Crippen molar-refractivity contribution < 1.29 is 14.3 Å². The average Bonchev–Trinajstić information content (AvgIpc) is 2.56. The summed E-state index contributed by atoms with van der Waals surface area (Å²) in [5.41, 5.74) is 5.60. The van der Waals surface area contributed by atoms with E-state index in [2.05, 4.69) is 10.9 Å². The lowest BCUT2D eigenvalue weighted by molar-refractivity contribution is -0.121. The van der Waals surface area contributed by atoms with Crippen molar-refractivity contribution in [1.82, 2.24) is 10.9 Å². The first-order valence-corrected chi connectivity index (χ1v) is 8.41. The summed E-state index contributed by atoms with van der Waals surface area (Å²) in [5.74, 6) is -0.193. The number of ether oxygens (including phenoxy) is 1. The predicted molar refractivity (Wildman–Crippen MR) is 98.0 cm³/mol. The topological polar surface area (TPSA) is 67.4 Å². The Hall–Kier alpha value is -2.24. The van der Waals surface area contributed by atoms with Crippen molar-refractivity contribution in [2.75, 3.05) is 0 Å². The minimum atomic E-state index is -0.435. The first-order valence-electron chi connectivity index (χ1n) is 7.65. The van der Waals surface area contributed by atoms with Gasteiger partial charge in [-0.05, 0) is 55.8 Å². The highest BCUT2D eigenvalue weighted by molar-refractivity contribution is 6.36. The second kappa shape index (κ2) is 8.74. The molecule has 0 aliphatic carbocycles. The van der Waals surface area contributed by atoms with Gasteiger partial charge in [0.15, 0.2) is 0 Å². The van der Waals surface area contributed by atoms with Crippen LogP contribution in [-0.4, -0.2) is 17.9 Å². The van der Waals surface area contributed by atoms with E-state index in [1.165, 1.54) is 0 Å². The normalized spacial score (nSPS) is 10.4. The van der Waals surface area contributed by atoms with E-state index >= 15 is 0 Å². The smallest absolute Gasteiger partial charge is 0.269 e. The second-order valence-corrected chi connectivity index (χ2v) is 6.38. The van der Waals surface area contributed by atoms with E-state index in [1.54, 1.807) is 42.5 Å². The maximum atomic E-state index is 12.1. The lowest BCUT2D eigenvalue weighted by Crippen LogP contribution is -2.42. The molecular formula is C18H18Cl2N2O3. The Morgan fingerprint density at radius 1 is 1.00 bits per heavy atom. The fourth-order valence-corrected chi connectivity index (χ4v) is 2.59. The van der Waals surface area contributed by atoms with Crippen LogP contribution in [0, 0.1) is 0 Å². The molecule has 0 radical (unpaired) electrons. The minimum absolute atomic E-state index is 0.0417. The number of halogens is 2. The summed E-state index contributed by atoms with van der Waals surface area (Å²) in [6.45, 7) is 3.84. The molecule has 7 heteroatoms. The first-order chi connectivity index (χ1) is 11.9. The van der Waals surface area contributed by atoms with Gasteiger partial charge in [0.05, 0.1) is 12.5 Å². The monoisotopic (exact) mass is 380 g/mol. The number of amides is 2. The van der Waals surface area contributed by atoms with E-state index in [1.807, 2.05) is 13.8 Å². The molecule has 2 amide bonds. The van der Waals surface area contributed by atoms with Crippen LogP contribution in [0.5, 0.6) is 5.75 Å². The van der Waals surface area contributed by atoms with E-state index < -0.39 is 11.8 Å². The van der Waals surface area contributed by atoms with Crippen LogP contribution < -0.4 is 15.6 Å². The summed E-state index contributed by atoms with van der Waals surface area (Å²) < 4.78 is 5.51. The van der Waals surface area contributed by atoms with Crippen LogP contribution in [0.1, 0.15) is 29.8 Å². The van der Waals surface area contributed by atoms with Gasteiger partial charge in [-0.25, -0.2) is 0 Å². The minimum Gasteiger partial charge on any atom is -0.491 e. The van der Waals surface area contributed by atoms with Crippen LogP contribution in [0.15, 0.2) is 42.5 Å². The molecule has 0 fully saturated rings. The molecule has 5 nitrogen and oxygen atoms in total. The molecule has 0 heterocycles. The maximum Gasteiger partial charge on any atom is 0.269 e. The lowest BCUT2D eigenvalue weighted by Gasteiger charge is -2.11. The summed E-state index contributed by atoms with van der Waals surface area (Å²) in [4.78, 5) is 24.0. The van der Waals surface area contributed by atoms with Gasteiger partial charge >= 0.3 is 0 Å². The van der Waals surface area contributed by atoms with E-state index in [0.29, 0.717) is 26.9 Å². The van der Waals surface area contributed by atoms with Gasteiger partial charge in [-0.3, -0.25) is 20.4 Å². The number of hydrogen-bond donors (Lipinski definition) is 2. The fraction of sp³-hybridized carbons (Fsp3) is 0.222. The van der Waals surface area contributed by atoms with E-state index in [0.717, 1.165) is 0 Å². The molecule has 132 valence electrons. The molecule has 2 aromatic carbocycles. The van der Waals surface area contributed by atoms with Crippen molar-refractivity contribution in [2.24, 2.45) is 0 Å². The molecule has 0 aliphatic rings. The number of nitrogens with one attached hydrogen (secondary N) is 2. The molecule has 0 saturated carbocycles. The molecule has 0 bridgehead atoms. The van der Waals surface area contributed by atoms with Gasteiger partial charge in [-0.1, -0.05) is 29.3 Å².